The normalized spacial score (nSPS) is 28.1. The number of hydrogen-bond donors (Lipinski definition) is 0. The molecule has 1 unspecified atom stereocenters. The van der Waals surface area contributed by atoms with E-state index in [0.717, 1.165) is 37.0 Å². The first-order chi connectivity index (χ1) is 15.4. The predicted molar refractivity (Wildman–Crippen MR) is 123 cm³/mol. The van der Waals surface area contributed by atoms with Gasteiger partial charge in [0.2, 0.25) is 0 Å². The summed E-state index contributed by atoms with van der Waals surface area (Å²) in [6.45, 7) is 3.85. The molecule has 1 saturated heterocycles. The summed E-state index contributed by atoms with van der Waals surface area (Å²) in [7, 11) is -3.66. The molecule has 1 aromatic rings. The van der Waals surface area contributed by atoms with Gasteiger partial charge < -0.3 is 14.4 Å². The lowest BCUT2D eigenvalue weighted by Gasteiger charge is -2.31. The van der Waals surface area contributed by atoms with Crippen molar-refractivity contribution < 1.29 is 22.7 Å². The summed E-state index contributed by atoms with van der Waals surface area (Å²) in [4.78, 5) is 14.7. The van der Waals surface area contributed by atoms with Crippen LogP contribution in [0.4, 0.5) is 0 Å². The fraction of sp³-hybridized carbons (Fsp3) is 0.583. The third-order valence-corrected chi connectivity index (χ3v) is 8.59. The van der Waals surface area contributed by atoms with Gasteiger partial charge in [0.1, 0.15) is 17.7 Å². The van der Waals surface area contributed by atoms with Gasteiger partial charge in [0.15, 0.2) is 6.61 Å². The standard InChI is InChI=1S/C24H32N2O5S/c1-3-17(2)32(28,29)25-21-8-6-14-26-22(21)15-30-19-12-10-18(11-13-19)20-7-4-5-9-23(20)31-16-24(26)27/h4-5,7,9,15,17-19H,3,6,8,10-14,16H2,1-2H3/b22-15-,25-21+. The van der Waals surface area contributed by atoms with E-state index in [9.17, 15) is 13.2 Å². The van der Waals surface area contributed by atoms with E-state index in [-0.39, 0.29) is 18.6 Å². The molecule has 1 amide bonds. The Balaban J connectivity index is 1.69. The lowest BCUT2D eigenvalue weighted by Crippen LogP contribution is -2.41. The Morgan fingerprint density at radius 2 is 1.94 bits per heavy atom. The number of piperidine rings is 1. The zero-order valence-electron chi connectivity index (χ0n) is 18.8. The van der Waals surface area contributed by atoms with Crippen LogP contribution in [0.3, 0.4) is 0 Å². The average molecular weight is 461 g/mol. The zero-order chi connectivity index (χ0) is 22.7. The highest BCUT2D eigenvalue weighted by molar-refractivity contribution is 7.90. The van der Waals surface area contributed by atoms with E-state index in [4.69, 9.17) is 9.47 Å². The largest absolute Gasteiger partial charge is 0.496 e. The molecule has 32 heavy (non-hydrogen) atoms. The number of carbonyl (C=O) groups is 1. The molecule has 1 aliphatic carbocycles. The average Bonchev–Trinajstić information content (AvgIpc) is 2.82. The van der Waals surface area contributed by atoms with Crippen molar-refractivity contribution in [3.8, 4) is 5.75 Å². The van der Waals surface area contributed by atoms with Crippen molar-refractivity contribution >= 4 is 21.6 Å². The molecule has 1 saturated carbocycles. The summed E-state index contributed by atoms with van der Waals surface area (Å²) in [6, 6.07) is 7.94. The molecule has 0 radical (unpaired) electrons. The first kappa shape index (κ1) is 22.8. The van der Waals surface area contributed by atoms with Crippen LogP contribution in [0.5, 0.6) is 5.75 Å². The van der Waals surface area contributed by atoms with Crippen molar-refractivity contribution in [3.05, 3.63) is 41.8 Å². The van der Waals surface area contributed by atoms with Gasteiger partial charge in [-0.1, -0.05) is 25.1 Å². The van der Waals surface area contributed by atoms with Gasteiger partial charge in [0, 0.05) is 6.54 Å². The van der Waals surface area contributed by atoms with Crippen LogP contribution in [-0.4, -0.2) is 49.4 Å². The number of benzene rings is 1. The Morgan fingerprint density at radius 3 is 2.69 bits per heavy atom. The molecule has 3 heterocycles. The van der Waals surface area contributed by atoms with E-state index in [1.807, 2.05) is 25.1 Å². The van der Waals surface area contributed by atoms with E-state index in [1.165, 1.54) is 0 Å². The summed E-state index contributed by atoms with van der Waals surface area (Å²) in [5.41, 5.74) is 1.99. The molecule has 2 bridgehead atoms. The SMILES string of the molecule is CCC(C)S(=O)(=O)/N=C1CCCN2C(=O)COc3ccccc3C3CCC(CC3)O\C=C\12. The van der Waals surface area contributed by atoms with Crippen molar-refractivity contribution in [1.82, 2.24) is 4.90 Å². The second kappa shape index (κ2) is 9.65. The number of rotatable bonds is 3. The van der Waals surface area contributed by atoms with Gasteiger partial charge >= 0.3 is 0 Å². The topological polar surface area (TPSA) is 85.3 Å². The van der Waals surface area contributed by atoms with Gasteiger partial charge in [0.25, 0.3) is 15.9 Å². The number of para-hydroxylation sites is 1. The van der Waals surface area contributed by atoms with Crippen LogP contribution in [0, 0.1) is 0 Å². The molecule has 1 atom stereocenters. The van der Waals surface area contributed by atoms with Gasteiger partial charge in [-0.25, -0.2) is 8.42 Å². The third kappa shape index (κ3) is 4.85. The fourth-order valence-corrected chi connectivity index (χ4v) is 5.68. The second-order valence-electron chi connectivity index (χ2n) is 8.86. The predicted octanol–water partition coefficient (Wildman–Crippen LogP) is 4.15. The highest BCUT2D eigenvalue weighted by Crippen LogP contribution is 2.39. The van der Waals surface area contributed by atoms with Gasteiger partial charge in [-0.05, 0) is 69.4 Å². The molecule has 0 N–H and O–H groups in total. The second-order valence-corrected chi connectivity index (χ2v) is 10.9. The Labute approximate surface area is 190 Å². The van der Waals surface area contributed by atoms with Crippen LogP contribution in [0.25, 0.3) is 0 Å². The van der Waals surface area contributed by atoms with E-state index >= 15 is 0 Å². The summed E-state index contributed by atoms with van der Waals surface area (Å²) in [6.07, 6.45) is 6.98. The van der Waals surface area contributed by atoms with Crippen LogP contribution in [-0.2, 0) is 19.6 Å². The first-order valence-corrected chi connectivity index (χ1v) is 13.1. The summed E-state index contributed by atoms with van der Waals surface area (Å²) < 4.78 is 41.6. The maximum Gasteiger partial charge on any atom is 0.265 e. The fourth-order valence-electron chi connectivity index (χ4n) is 4.58. The van der Waals surface area contributed by atoms with Crippen LogP contribution < -0.4 is 4.74 Å². The summed E-state index contributed by atoms with van der Waals surface area (Å²) in [5, 5.41) is -0.576. The molecule has 1 aromatic carbocycles. The monoisotopic (exact) mass is 460 g/mol. The zero-order valence-corrected chi connectivity index (χ0v) is 19.6. The van der Waals surface area contributed by atoms with Crippen molar-refractivity contribution in [2.75, 3.05) is 13.2 Å². The lowest BCUT2D eigenvalue weighted by molar-refractivity contribution is -0.131. The highest BCUT2D eigenvalue weighted by Gasteiger charge is 2.32. The number of allylic oxidation sites excluding steroid dienone is 1. The third-order valence-electron chi connectivity index (χ3n) is 6.76. The van der Waals surface area contributed by atoms with Crippen molar-refractivity contribution in [2.45, 2.75) is 76.1 Å². The quantitative estimate of drug-likeness (QED) is 0.676. The number of nitrogens with zero attached hydrogens (tertiary/aromatic N) is 2. The maximum absolute atomic E-state index is 13.1. The van der Waals surface area contributed by atoms with Gasteiger partial charge in [0.05, 0.1) is 17.1 Å². The molecule has 3 aliphatic heterocycles. The summed E-state index contributed by atoms with van der Waals surface area (Å²) >= 11 is 0. The van der Waals surface area contributed by atoms with E-state index < -0.39 is 15.3 Å². The number of carbonyl (C=O) groups excluding carboxylic acids is 1. The minimum atomic E-state index is -3.66. The number of amides is 1. The summed E-state index contributed by atoms with van der Waals surface area (Å²) in [5.74, 6) is 0.907. The van der Waals surface area contributed by atoms with Crippen LogP contribution >= 0.6 is 0 Å². The highest BCUT2D eigenvalue weighted by atomic mass is 32.2. The molecule has 2 fully saturated rings. The molecule has 5 rings (SSSR count). The van der Waals surface area contributed by atoms with E-state index in [1.54, 1.807) is 18.1 Å². The molecule has 4 aliphatic rings. The molecular weight excluding hydrogens is 428 g/mol. The first-order valence-electron chi connectivity index (χ1n) is 11.6. The molecule has 0 aromatic heterocycles. The number of hydrogen-bond acceptors (Lipinski definition) is 5. The van der Waals surface area contributed by atoms with Crippen molar-refractivity contribution in [3.63, 3.8) is 0 Å². The van der Waals surface area contributed by atoms with Gasteiger partial charge in [-0.15, -0.1) is 0 Å². The Morgan fingerprint density at radius 1 is 1.19 bits per heavy atom. The molecule has 7 nitrogen and oxygen atoms in total. The number of fused-ring (bicyclic) bond motifs is 5. The number of ether oxygens (including phenoxy) is 2. The molecule has 8 heteroatoms. The van der Waals surface area contributed by atoms with Crippen molar-refractivity contribution in [1.29, 1.82) is 0 Å². The van der Waals surface area contributed by atoms with Crippen LogP contribution in [0.15, 0.2) is 40.6 Å². The minimum absolute atomic E-state index is 0.0406. The Kier molecular flexibility index (Phi) is 6.88. The van der Waals surface area contributed by atoms with Crippen LogP contribution in [0.2, 0.25) is 0 Å². The molecule has 0 spiro atoms. The minimum Gasteiger partial charge on any atom is -0.496 e. The Hall–Kier alpha value is -2.35. The smallest absolute Gasteiger partial charge is 0.265 e. The number of sulfonamides is 1. The van der Waals surface area contributed by atoms with Gasteiger partial charge in [-0.2, -0.15) is 4.40 Å². The molecular formula is C24H32N2O5S. The Bertz CT molecular complexity index is 1010. The van der Waals surface area contributed by atoms with Crippen LogP contribution in [0.1, 0.15) is 70.3 Å². The van der Waals surface area contributed by atoms with E-state index in [2.05, 4.69) is 10.5 Å². The lowest BCUT2D eigenvalue weighted by atomic mass is 9.82. The van der Waals surface area contributed by atoms with Crippen molar-refractivity contribution in [2.24, 2.45) is 4.40 Å². The maximum atomic E-state index is 13.1. The molecule has 174 valence electrons. The van der Waals surface area contributed by atoms with E-state index in [0.29, 0.717) is 43.1 Å². The van der Waals surface area contributed by atoms with Gasteiger partial charge in [-0.3, -0.25) is 4.79 Å².